The summed E-state index contributed by atoms with van der Waals surface area (Å²) in [4.78, 5) is 11.5. The van der Waals surface area contributed by atoms with Gasteiger partial charge in [0.15, 0.2) is 0 Å². The van der Waals surface area contributed by atoms with E-state index in [1.807, 2.05) is 0 Å². The van der Waals surface area contributed by atoms with Crippen LogP contribution in [0, 0.1) is 0 Å². The van der Waals surface area contributed by atoms with Crippen molar-refractivity contribution in [3.8, 4) is 5.75 Å². The molecule has 0 amide bonds. The second kappa shape index (κ2) is 5.09. The molecule has 0 aromatic heterocycles. The molecule has 0 aliphatic rings. The van der Waals surface area contributed by atoms with Crippen molar-refractivity contribution in [1.82, 2.24) is 0 Å². The number of carbonyl (C=O) groups excluding carboxylic acids is 1. The Labute approximate surface area is 97.3 Å². The smallest absolute Gasteiger partial charge is 0.387 e. The lowest BCUT2D eigenvalue weighted by Crippen LogP contribution is -2.43. The molecule has 94 valence electrons. The normalized spacial score (nSPS) is 14.2. The average Bonchev–Trinajstić information content (AvgIpc) is 2.27. The molecule has 2 N–H and O–H groups in total. The molecule has 0 spiro atoms. The van der Waals surface area contributed by atoms with Crippen molar-refractivity contribution in [2.45, 2.75) is 19.1 Å². The third kappa shape index (κ3) is 2.91. The molecule has 0 radical (unpaired) electrons. The highest BCUT2D eigenvalue weighted by molar-refractivity contribution is 5.82. The second-order valence-corrected chi connectivity index (χ2v) is 3.57. The van der Waals surface area contributed by atoms with Gasteiger partial charge in [-0.2, -0.15) is 8.78 Å². The van der Waals surface area contributed by atoms with Crippen LogP contribution in [0.15, 0.2) is 24.3 Å². The molecule has 1 unspecified atom stereocenters. The highest BCUT2D eigenvalue weighted by atomic mass is 19.3. The van der Waals surface area contributed by atoms with Crippen LogP contribution in [0.2, 0.25) is 0 Å². The van der Waals surface area contributed by atoms with Crippen LogP contribution < -0.4 is 10.5 Å². The van der Waals surface area contributed by atoms with Crippen molar-refractivity contribution in [3.63, 3.8) is 0 Å². The number of halogens is 2. The molecule has 1 aromatic rings. The molecule has 1 atom stereocenters. The standard InChI is InChI=1S/C11H13F2NO3/c1-11(14,9(15)16-2)7-5-3-4-6-8(7)17-10(12)13/h3-6,10H,14H2,1-2H3. The van der Waals surface area contributed by atoms with E-state index in [1.54, 1.807) is 6.07 Å². The maximum absolute atomic E-state index is 12.2. The predicted molar refractivity (Wildman–Crippen MR) is 56.6 cm³/mol. The topological polar surface area (TPSA) is 61.5 Å². The Morgan fingerprint density at radius 3 is 2.53 bits per heavy atom. The van der Waals surface area contributed by atoms with Crippen molar-refractivity contribution >= 4 is 5.97 Å². The molecule has 0 saturated carbocycles. The molecule has 1 aromatic carbocycles. The highest BCUT2D eigenvalue weighted by Gasteiger charge is 2.34. The summed E-state index contributed by atoms with van der Waals surface area (Å²) < 4.78 is 33.2. The maximum atomic E-state index is 12.2. The first kappa shape index (κ1) is 13.4. The van der Waals surface area contributed by atoms with E-state index < -0.39 is 18.1 Å². The molecule has 0 saturated heterocycles. The van der Waals surface area contributed by atoms with E-state index in [9.17, 15) is 13.6 Å². The van der Waals surface area contributed by atoms with Crippen LogP contribution in [-0.2, 0) is 15.1 Å². The van der Waals surface area contributed by atoms with Gasteiger partial charge >= 0.3 is 12.6 Å². The summed E-state index contributed by atoms with van der Waals surface area (Å²) in [6.07, 6.45) is 0. The SMILES string of the molecule is COC(=O)C(C)(N)c1ccccc1OC(F)F. The fraction of sp³-hybridized carbons (Fsp3) is 0.364. The average molecular weight is 245 g/mol. The molecule has 0 heterocycles. The van der Waals surface area contributed by atoms with Gasteiger partial charge in [-0.25, -0.2) is 4.79 Å². The van der Waals surface area contributed by atoms with Crippen LogP contribution in [0.25, 0.3) is 0 Å². The van der Waals surface area contributed by atoms with Gasteiger partial charge in [0.1, 0.15) is 11.3 Å². The number of esters is 1. The van der Waals surface area contributed by atoms with Crippen LogP contribution in [0.1, 0.15) is 12.5 Å². The first-order valence-electron chi connectivity index (χ1n) is 4.81. The summed E-state index contributed by atoms with van der Waals surface area (Å²) in [7, 11) is 1.17. The fourth-order valence-corrected chi connectivity index (χ4v) is 1.42. The van der Waals surface area contributed by atoms with E-state index >= 15 is 0 Å². The van der Waals surface area contributed by atoms with E-state index in [0.29, 0.717) is 0 Å². The Kier molecular flexibility index (Phi) is 4.01. The largest absolute Gasteiger partial charge is 0.467 e. The van der Waals surface area contributed by atoms with Crippen LogP contribution in [0.4, 0.5) is 8.78 Å². The van der Waals surface area contributed by atoms with Gasteiger partial charge in [0, 0.05) is 5.56 Å². The summed E-state index contributed by atoms with van der Waals surface area (Å²) in [6.45, 7) is -1.61. The molecule has 0 aliphatic heterocycles. The molecule has 17 heavy (non-hydrogen) atoms. The lowest BCUT2D eigenvalue weighted by Gasteiger charge is -2.24. The number of carbonyl (C=O) groups is 1. The Morgan fingerprint density at radius 1 is 1.41 bits per heavy atom. The summed E-state index contributed by atoms with van der Waals surface area (Å²) in [5, 5.41) is 0. The predicted octanol–water partition coefficient (Wildman–Crippen LogP) is 1.63. The van der Waals surface area contributed by atoms with Crippen molar-refractivity contribution in [2.24, 2.45) is 5.73 Å². The summed E-state index contributed by atoms with van der Waals surface area (Å²) >= 11 is 0. The summed E-state index contributed by atoms with van der Waals surface area (Å²) in [5.74, 6) is -0.874. The molecule has 0 bridgehead atoms. The van der Waals surface area contributed by atoms with Gasteiger partial charge in [-0.3, -0.25) is 0 Å². The third-order valence-corrected chi connectivity index (χ3v) is 2.27. The molecule has 0 aliphatic carbocycles. The van der Waals surface area contributed by atoms with Gasteiger partial charge in [0.2, 0.25) is 0 Å². The number of nitrogens with two attached hydrogens (primary N) is 1. The van der Waals surface area contributed by atoms with Crippen molar-refractivity contribution in [1.29, 1.82) is 0 Å². The summed E-state index contributed by atoms with van der Waals surface area (Å²) in [5.41, 5.74) is 4.37. The Morgan fingerprint density at radius 2 is 2.00 bits per heavy atom. The van der Waals surface area contributed by atoms with Gasteiger partial charge in [0.05, 0.1) is 7.11 Å². The van der Waals surface area contributed by atoms with E-state index in [4.69, 9.17) is 5.73 Å². The minimum absolute atomic E-state index is 0.141. The number of rotatable bonds is 4. The van der Waals surface area contributed by atoms with Crippen molar-refractivity contribution in [3.05, 3.63) is 29.8 Å². The first-order chi connectivity index (χ1) is 7.89. The number of hydrogen-bond donors (Lipinski definition) is 1. The van der Waals surface area contributed by atoms with Gasteiger partial charge in [-0.15, -0.1) is 0 Å². The van der Waals surface area contributed by atoms with E-state index in [-0.39, 0.29) is 11.3 Å². The summed E-state index contributed by atoms with van der Waals surface area (Å²) in [6, 6.07) is 5.83. The maximum Gasteiger partial charge on any atom is 0.387 e. The third-order valence-electron chi connectivity index (χ3n) is 2.27. The lowest BCUT2D eigenvalue weighted by atomic mass is 9.92. The van der Waals surface area contributed by atoms with Gasteiger partial charge in [0.25, 0.3) is 0 Å². The highest BCUT2D eigenvalue weighted by Crippen LogP contribution is 2.29. The lowest BCUT2D eigenvalue weighted by molar-refractivity contribution is -0.147. The van der Waals surface area contributed by atoms with E-state index in [1.165, 1.54) is 32.2 Å². The second-order valence-electron chi connectivity index (χ2n) is 3.57. The van der Waals surface area contributed by atoms with Gasteiger partial charge < -0.3 is 15.2 Å². The molecule has 4 nitrogen and oxygen atoms in total. The Hall–Kier alpha value is -1.69. The van der Waals surface area contributed by atoms with Gasteiger partial charge in [-0.1, -0.05) is 18.2 Å². The monoisotopic (exact) mass is 245 g/mol. The number of ether oxygens (including phenoxy) is 2. The molecule has 0 fully saturated rings. The number of benzene rings is 1. The van der Waals surface area contributed by atoms with E-state index in [0.717, 1.165) is 0 Å². The minimum atomic E-state index is -2.98. The zero-order chi connectivity index (χ0) is 13.1. The van der Waals surface area contributed by atoms with Crippen molar-refractivity contribution in [2.75, 3.05) is 7.11 Å². The fourth-order valence-electron chi connectivity index (χ4n) is 1.42. The Balaban J connectivity index is 3.16. The quantitative estimate of drug-likeness (QED) is 0.819. The minimum Gasteiger partial charge on any atom is -0.467 e. The van der Waals surface area contributed by atoms with Crippen LogP contribution in [0.3, 0.4) is 0 Å². The molecule has 6 heteroatoms. The number of alkyl halides is 2. The van der Waals surface area contributed by atoms with Gasteiger partial charge in [-0.05, 0) is 13.0 Å². The van der Waals surface area contributed by atoms with Crippen LogP contribution >= 0.6 is 0 Å². The first-order valence-corrected chi connectivity index (χ1v) is 4.81. The van der Waals surface area contributed by atoms with Crippen molar-refractivity contribution < 1.29 is 23.0 Å². The Bertz CT molecular complexity index is 407. The molecule has 1 rings (SSSR count). The number of hydrogen-bond acceptors (Lipinski definition) is 4. The molecular formula is C11H13F2NO3. The molecular weight excluding hydrogens is 232 g/mol. The van der Waals surface area contributed by atoms with Crippen LogP contribution in [-0.4, -0.2) is 19.7 Å². The number of methoxy groups -OCH3 is 1. The zero-order valence-corrected chi connectivity index (χ0v) is 9.44. The zero-order valence-electron chi connectivity index (χ0n) is 9.44. The van der Waals surface area contributed by atoms with E-state index in [2.05, 4.69) is 9.47 Å². The number of para-hydroxylation sites is 1. The van der Waals surface area contributed by atoms with Crippen LogP contribution in [0.5, 0.6) is 5.75 Å².